The summed E-state index contributed by atoms with van der Waals surface area (Å²) in [4.78, 5) is 2.47. The molecule has 1 aliphatic rings. The van der Waals surface area contributed by atoms with Crippen molar-refractivity contribution < 1.29 is 0 Å². The van der Waals surface area contributed by atoms with E-state index in [1.54, 1.807) is 5.56 Å². The van der Waals surface area contributed by atoms with Gasteiger partial charge in [0.1, 0.15) is 0 Å². The van der Waals surface area contributed by atoms with Gasteiger partial charge in [0.15, 0.2) is 0 Å². The molecule has 1 heterocycles. The Hall–Kier alpha value is -0.980. The molecule has 0 radical (unpaired) electrons. The maximum atomic E-state index is 2.47. The quantitative estimate of drug-likeness (QED) is 0.729. The second-order valence-corrected chi connectivity index (χ2v) is 4.89. The summed E-state index contributed by atoms with van der Waals surface area (Å²) in [6.45, 7) is 9.14. The Morgan fingerprint density at radius 1 is 1.33 bits per heavy atom. The molecule has 0 amide bonds. The van der Waals surface area contributed by atoms with Crippen molar-refractivity contribution in [2.24, 2.45) is 5.92 Å². The summed E-state index contributed by atoms with van der Waals surface area (Å²) in [5.41, 5.74) is 4.52. The van der Waals surface area contributed by atoms with Crippen LogP contribution in [0.1, 0.15) is 31.9 Å². The van der Waals surface area contributed by atoms with Crippen LogP contribution >= 0.6 is 0 Å². The zero-order valence-electron chi connectivity index (χ0n) is 10.1. The molecule has 0 bridgehead atoms. The lowest BCUT2D eigenvalue weighted by Crippen LogP contribution is -2.19. The fourth-order valence-electron chi connectivity index (χ4n) is 2.45. The number of hydrogen-bond acceptors (Lipinski definition) is 1. The average molecular weight is 203 g/mol. The zero-order chi connectivity index (χ0) is 10.8. The van der Waals surface area contributed by atoms with Crippen LogP contribution in [0.3, 0.4) is 0 Å². The molecular weight excluding hydrogens is 182 g/mol. The first kappa shape index (κ1) is 10.5. The van der Waals surface area contributed by atoms with Gasteiger partial charge in [-0.15, -0.1) is 0 Å². The normalized spacial score (nSPS) is 14.8. The molecule has 1 aliphatic heterocycles. The summed E-state index contributed by atoms with van der Waals surface area (Å²) >= 11 is 0. The standard InChI is InChI=1S/C14H21N/c1-4-15-8-7-13-10-12(9-11(2)3)5-6-14(13)15/h5-6,10-11H,4,7-9H2,1-3H3. The largest absolute Gasteiger partial charge is 0.371 e. The predicted octanol–water partition coefficient (Wildman–Crippen LogP) is 3.27. The third-order valence-electron chi connectivity index (χ3n) is 3.16. The van der Waals surface area contributed by atoms with Crippen LogP contribution in [0.4, 0.5) is 5.69 Å². The van der Waals surface area contributed by atoms with Crippen molar-refractivity contribution in [3.8, 4) is 0 Å². The topological polar surface area (TPSA) is 3.24 Å². The Morgan fingerprint density at radius 2 is 2.13 bits per heavy atom. The maximum absolute atomic E-state index is 2.47. The van der Waals surface area contributed by atoms with Gasteiger partial charge in [-0.1, -0.05) is 26.0 Å². The van der Waals surface area contributed by atoms with Crippen molar-refractivity contribution in [3.05, 3.63) is 29.3 Å². The average Bonchev–Trinajstić information content (AvgIpc) is 2.58. The van der Waals surface area contributed by atoms with E-state index >= 15 is 0 Å². The van der Waals surface area contributed by atoms with E-state index < -0.39 is 0 Å². The van der Waals surface area contributed by atoms with E-state index in [0.717, 1.165) is 12.5 Å². The number of rotatable bonds is 3. The van der Waals surface area contributed by atoms with E-state index in [4.69, 9.17) is 0 Å². The Labute approximate surface area is 93.1 Å². The minimum absolute atomic E-state index is 0.756. The van der Waals surface area contributed by atoms with Crippen LogP contribution in [-0.2, 0) is 12.8 Å². The number of nitrogens with zero attached hydrogens (tertiary/aromatic N) is 1. The number of hydrogen-bond donors (Lipinski definition) is 0. The van der Waals surface area contributed by atoms with E-state index in [2.05, 4.69) is 43.9 Å². The SMILES string of the molecule is CCN1CCc2cc(CC(C)C)ccc21. The zero-order valence-corrected chi connectivity index (χ0v) is 10.1. The highest BCUT2D eigenvalue weighted by Gasteiger charge is 2.17. The van der Waals surface area contributed by atoms with Gasteiger partial charge >= 0.3 is 0 Å². The summed E-state index contributed by atoms with van der Waals surface area (Å²) in [6.07, 6.45) is 2.44. The van der Waals surface area contributed by atoms with Gasteiger partial charge in [-0.05, 0) is 42.9 Å². The molecule has 15 heavy (non-hydrogen) atoms. The molecule has 1 nitrogen and oxygen atoms in total. The van der Waals surface area contributed by atoms with Gasteiger partial charge in [0.25, 0.3) is 0 Å². The second-order valence-electron chi connectivity index (χ2n) is 4.89. The number of likely N-dealkylation sites (N-methyl/N-ethyl adjacent to an activating group) is 1. The number of benzene rings is 1. The van der Waals surface area contributed by atoms with Crippen LogP contribution in [0.25, 0.3) is 0 Å². The van der Waals surface area contributed by atoms with E-state index in [1.165, 1.54) is 30.6 Å². The minimum atomic E-state index is 0.756. The summed E-state index contributed by atoms with van der Waals surface area (Å²) in [7, 11) is 0. The molecule has 1 aromatic carbocycles. The lowest BCUT2D eigenvalue weighted by molar-refractivity contribution is 0.647. The van der Waals surface area contributed by atoms with Crippen molar-refractivity contribution in [1.29, 1.82) is 0 Å². The Bertz CT molecular complexity index is 341. The molecule has 82 valence electrons. The summed E-state index contributed by atoms with van der Waals surface area (Å²) in [5.74, 6) is 0.756. The van der Waals surface area contributed by atoms with Crippen molar-refractivity contribution in [2.45, 2.75) is 33.6 Å². The molecule has 0 saturated carbocycles. The first-order valence-corrected chi connectivity index (χ1v) is 6.07. The molecular formula is C14H21N. The van der Waals surface area contributed by atoms with Gasteiger partial charge in [0.2, 0.25) is 0 Å². The van der Waals surface area contributed by atoms with Crippen LogP contribution in [0.2, 0.25) is 0 Å². The molecule has 1 heteroatoms. The molecule has 1 aromatic rings. The molecule has 0 saturated heterocycles. The third-order valence-corrected chi connectivity index (χ3v) is 3.16. The predicted molar refractivity (Wildman–Crippen MR) is 66.6 cm³/mol. The minimum Gasteiger partial charge on any atom is -0.371 e. The Kier molecular flexibility index (Phi) is 2.99. The smallest absolute Gasteiger partial charge is 0.0399 e. The van der Waals surface area contributed by atoms with Crippen LogP contribution in [0.15, 0.2) is 18.2 Å². The molecule has 0 spiro atoms. The lowest BCUT2D eigenvalue weighted by atomic mass is 10.00. The Morgan fingerprint density at radius 3 is 2.80 bits per heavy atom. The summed E-state index contributed by atoms with van der Waals surface area (Å²) in [5, 5.41) is 0. The lowest BCUT2D eigenvalue weighted by Gasteiger charge is -2.16. The number of fused-ring (bicyclic) bond motifs is 1. The molecule has 0 atom stereocenters. The molecule has 0 unspecified atom stereocenters. The van der Waals surface area contributed by atoms with Gasteiger partial charge in [0, 0.05) is 18.8 Å². The van der Waals surface area contributed by atoms with E-state index in [-0.39, 0.29) is 0 Å². The van der Waals surface area contributed by atoms with Crippen molar-refractivity contribution >= 4 is 5.69 Å². The molecule has 2 rings (SSSR count). The van der Waals surface area contributed by atoms with Gasteiger partial charge in [-0.25, -0.2) is 0 Å². The highest BCUT2D eigenvalue weighted by molar-refractivity contribution is 5.59. The van der Waals surface area contributed by atoms with E-state index in [0.29, 0.717) is 0 Å². The Balaban J connectivity index is 2.21. The highest BCUT2D eigenvalue weighted by atomic mass is 15.1. The number of anilines is 1. The molecule has 0 aromatic heterocycles. The van der Waals surface area contributed by atoms with Crippen molar-refractivity contribution in [3.63, 3.8) is 0 Å². The monoisotopic (exact) mass is 203 g/mol. The fraction of sp³-hybridized carbons (Fsp3) is 0.571. The molecule has 0 aliphatic carbocycles. The van der Waals surface area contributed by atoms with Gasteiger partial charge in [-0.2, -0.15) is 0 Å². The van der Waals surface area contributed by atoms with Crippen LogP contribution in [-0.4, -0.2) is 13.1 Å². The maximum Gasteiger partial charge on any atom is 0.0399 e. The van der Waals surface area contributed by atoms with E-state index in [9.17, 15) is 0 Å². The fourth-order valence-corrected chi connectivity index (χ4v) is 2.45. The summed E-state index contributed by atoms with van der Waals surface area (Å²) in [6, 6.07) is 7.02. The second kappa shape index (κ2) is 4.26. The first-order valence-electron chi connectivity index (χ1n) is 6.07. The van der Waals surface area contributed by atoms with Crippen molar-refractivity contribution in [1.82, 2.24) is 0 Å². The van der Waals surface area contributed by atoms with E-state index in [1.807, 2.05) is 0 Å². The van der Waals surface area contributed by atoms with Crippen LogP contribution in [0, 0.1) is 5.92 Å². The first-order chi connectivity index (χ1) is 7.20. The molecule has 0 fully saturated rings. The van der Waals surface area contributed by atoms with Gasteiger partial charge in [-0.3, -0.25) is 0 Å². The van der Waals surface area contributed by atoms with Crippen LogP contribution in [0.5, 0.6) is 0 Å². The highest BCUT2D eigenvalue weighted by Crippen LogP contribution is 2.29. The van der Waals surface area contributed by atoms with Crippen LogP contribution < -0.4 is 4.90 Å². The van der Waals surface area contributed by atoms with Gasteiger partial charge in [0.05, 0.1) is 0 Å². The summed E-state index contributed by atoms with van der Waals surface area (Å²) < 4.78 is 0. The molecule has 0 N–H and O–H groups in total. The van der Waals surface area contributed by atoms with Gasteiger partial charge < -0.3 is 4.90 Å². The third kappa shape index (κ3) is 2.17. The van der Waals surface area contributed by atoms with Crippen molar-refractivity contribution in [2.75, 3.05) is 18.0 Å².